The average molecular weight is 351 g/mol. The summed E-state index contributed by atoms with van der Waals surface area (Å²) in [7, 11) is 0. The van der Waals surface area contributed by atoms with Gasteiger partial charge in [0, 0.05) is 4.47 Å². The van der Waals surface area contributed by atoms with E-state index in [0.717, 1.165) is 0 Å². The summed E-state index contributed by atoms with van der Waals surface area (Å²) in [5.41, 5.74) is 0.0485. The van der Waals surface area contributed by atoms with Crippen LogP contribution in [-0.2, 0) is 9.59 Å². The minimum atomic E-state index is -1.30. The fraction of sp³-hybridized carbons (Fsp3) is 0.182. The predicted octanol–water partition coefficient (Wildman–Crippen LogP) is 1.71. The third kappa shape index (κ3) is 4.53. The van der Waals surface area contributed by atoms with E-state index in [-0.39, 0.29) is 10.6 Å². The minimum absolute atomic E-state index is 0.0485. The topological polar surface area (TPSA) is 94.9 Å². The number of amides is 1. The third-order valence-electron chi connectivity index (χ3n) is 2.10. The molecule has 6 nitrogen and oxygen atoms in total. The van der Waals surface area contributed by atoms with Crippen molar-refractivity contribution in [1.82, 2.24) is 4.90 Å². The number of carbonyl (C=O) groups excluding carboxylic acids is 1. The van der Waals surface area contributed by atoms with Gasteiger partial charge in [-0.15, -0.1) is 0 Å². The number of hydrogen-bond acceptors (Lipinski definition) is 3. The van der Waals surface area contributed by atoms with E-state index in [1.807, 2.05) is 0 Å². The highest BCUT2D eigenvalue weighted by Crippen LogP contribution is 2.22. The molecule has 0 spiro atoms. The van der Waals surface area contributed by atoms with Gasteiger partial charge in [-0.05, 0) is 18.2 Å². The van der Waals surface area contributed by atoms with Gasteiger partial charge in [-0.1, -0.05) is 27.5 Å². The summed E-state index contributed by atoms with van der Waals surface area (Å²) >= 11 is 9.03. The van der Waals surface area contributed by atoms with Crippen molar-refractivity contribution in [2.75, 3.05) is 13.1 Å². The number of carboxylic acid groups (broad SMARTS) is 2. The number of carbonyl (C=O) groups is 3. The lowest BCUT2D eigenvalue weighted by Gasteiger charge is -2.19. The molecular formula is C11H9BrClNO5. The molecule has 1 aromatic carbocycles. The van der Waals surface area contributed by atoms with Crippen LogP contribution in [0.5, 0.6) is 0 Å². The van der Waals surface area contributed by atoms with Crippen LogP contribution in [0, 0.1) is 0 Å². The van der Waals surface area contributed by atoms with E-state index >= 15 is 0 Å². The van der Waals surface area contributed by atoms with Crippen LogP contribution in [0.25, 0.3) is 0 Å². The van der Waals surface area contributed by atoms with Crippen molar-refractivity contribution < 1.29 is 24.6 Å². The van der Waals surface area contributed by atoms with Gasteiger partial charge < -0.3 is 15.1 Å². The SMILES string of the molecule is O=C(O)CN(CC(=O)O)C(=O)c1ccc(Br)cc1Cl. The number of hydrogen-bond donors (Lipinski definition) is 2. The molecule has 0 bridgehead atoms. The van der Waals surface area contributed by atoms with Gasteiger partial charge in [0.25, 0.3) is 5.91 Å². The van der Waals surface area contributed by atoms with E-state index in [9.17, 15) is 14.4 Å². The Hall–Kier alpha value is -1.60. The maximum Gasteiger partial charge on any atom is 0.323 e. The van der Waals surface area contributed by atoms with Crippen LogP contribution in [0.15, 0.2) is 22.7 Å². The normalized spacial score (nSPS) is 10.0. The highest BCUT2D eigenvalue weighted by atomic mass is 79.9. The van der Waals surface area contributed by atoms with E-state index in [4.69, 9.17) is 21.8 Å². The molecule has 1 rings (SSSR count). The summed E-state index contributed by atoms with van der Waals surface area (Å²) < 4.78 is 0.650. The molecule has 0 heterocycles. The van der Waals surface area contributed by atoms with Crippen LogP contribution in [0.2, 0.25) is 5.02 Å². The molecule has 0 radical (unpaired) electrons. The van der Waals surface area contributed by atoms with Gasteiger partial charge in [0.2, 0.25) is 0 Å². The number of carboxylic acids is 2. The molecular weight excluding hydrogens is 341 g/mol. The van der Waals surface area contributed by atoms with Gasteiger partial charge >= 0.3 is 11.9 Å². The zero-order valence-corrected chi connectivity index (χ0v) is 11.8. The first-order valence-corrected chi connectivity index (χ1v) is 6.16. The van der Waals surface area contributed by atoms with E-state index in [2.05, 4.69) is 15.9 Å². The minimum Gasteiger partial charge on any atom is -0.480 e. The molecule has 0 saturated heterocycles. The highest BCUT2D eigenvalue weighted by molar-refractivity contribution is 9.10. The van der Waals surface area contributed by atoms with Crippen LogP contribution in [0.4, 0.5) is 0 Å². The Kier molecular flexibility index (Phi) is 5.31. The Balaban J connectivity index is 3.04. The van der Waals surface area contributed by atoms with Crippen LogP contribution < -0.4 is 0 Å². The smallest absolute Gasteiger partial charge is 0.323 e. The first-order valence-electron chi connectivity index (χ1n) is 4.99. The van der Waals surface area contributed by atoms with Crippen molar-refractivity contribution in [3.05, 3.63) is 33.3 Å². The molecule has 0 aliphatic carbocycles. The van der Waals surface area contributed by atoms with Crippen molar-refractivity contribution in [3.63, 3.8) is 0 Å². The largest absolute Gasteiger partial charge is 0.480 e. The molecule has 102 valence electrons. The maximum atomic E-state index is 12.0. The van der Waals surface area contributed by atoms with Gasteiger partial charge in [-0.25, -0.2) is 0 Å². The number of benzene rings is 1. The lowest BCUT2D eigenvalue weighted by molar-refractivity contribution is -0.140. The lowest BCUT2D eigenvalue weighted by atomic mass is 10.2. The average Bonchev–Trinajstić information content (AvgIpc) is 2.26. The van der Waals surface area contributed by atoms with E-state index in [0.29, 0.717) is 9.37 Å². The fourth-order valence-corrected chi connectivity index (χ4v) is 2.11. The summed E-state index contributed by atoms with van der Waals surface area (Å²) in [6.45, 7) is -1.42. The monoisotopic (exact) mass is 349 g/mol. The predicted molar refractivity (Wildman–Crippen MR) is 70.3 cm³/mol. The van der Waals surface area contributed by atoms with E-state index < -0.39 is 30.9 Å². The Morgan fingerprint density at radius 3 is 2.11 bits per heavy atom. The van der Waals surface area contributed by atoms with Crippen LogP contribution in [0.1, 0.15) is 10.4 Å². The summed E-state index contributed by atoms with van der Waals surface area (Å²) in [6, 6.07) is 4.42. The molecule has 1 aromatic rings. The zero-order valence-electron chi connectivity index (χ0n) is 9.47. The molecule has 0 saturated carbocycles. The van der Waals surface area contributed by atoms with Gasteiger partial charge in [0.15, 0.2) is 0 Å². The molecule has 8 heteroatoms. The Morgan fingerprint density at radius 1 is 1.16 bits per heavy atom. The summed E-state index contributed by atoms with van der Waals surface area (Å²) in [5, 5.41) is 17.5. The number of aliphatic carboxylic acids is 2. The van der Waals surface area contributed by atoms with Crippen LogP contribution in [-0.4, -0.2) is 46.0 Å². The first kappa shape index (κ1) is 15.5. The highest BCUT2D eigenvalue weighted by Gasteiger charge is 2.22. The first-order chi connectivity index (χ1) is 8.81. The second-order valence-electron chi connectivity index (χ2n) is 3.57. The molecule has 2 N–H and O–H groups in total. The molecule has 0 unspecified atom stereocenters. The standard InChI is InChI=1S/C11H9BrClNO5/c12-6-1-2-7(8(13)3-6)11(19)14(4-9(15)16)5-10(17)18/h1-3H,4-5H2,(H,15,16)(H,17,18). The van der Waals surface area contributed by atoms with Crippen LogP contribution in [0.3, 0.4) is 0 Å². The van der Waals surface area contributed by atoms with Crippen molar-refractivity contribution in [3.8, 4) is 0 Å². The number of halogens is 2. The second kappa shape index (κ2) is 6.53. The molecule has 0 fully saturated rings. The van der Waals surface area contributed by atoms with Crippen molar-refractivity contribution >= 4 is 45.4 Å². The molecule has 0 aliphatic rings. The van der Waals surface area contributed by atoms with Crippen molar-refractivity contribution in [2.24, 2.45) is 0 Å². The van der Waals surface area contributed by atoms with Crippen molar-refractivity contribution in [2.45, 2.75) is 0 Å². The molecule has 0 aromatic heterocycles. The van der Waals surface area contributed by atoms with E-state index in [1.54, 1.807) is 6.07 Å². The quantitative estimate of drug-likeness (QED) is 0.843. The number of rotatable bonds is 5. The number of nitrogens with zero attached hydrogens (tertiary/aromatic N) is 1. The summed E-state index contributed by atoms with van der Waals surface area (Å²) in [4.78, 5) is 34.0. The molecule has 19 heavy (non-hydrogen) atoms. The lowest BCUT2D eigenvalue weighted by Crippen LogP contribution is -2.39. The zero-order chi connectivity index (χ0) is 14.6. The van der Waals surface area contributed by atoms with Gasteiger partial charge in [0.05, 0.1) is 10.6 Å². The van der Waals surface area contributed by atoms with E-state index in [1.165, 1.54) is 12.1 Å². The van der Waals surface area contributed by atoms with Crippen LogP contribution >= 0.6 is 27.5 Å². The van der Waals surface area contributed by atoms with Gasteiger partial charge in [-0.3, -0.25) is 14.4 Å². The third-order valence-corrected chi connectivity index (χ3v) is 2.91. The van der Waals surface area contributed by atoms with Crippen molar-refractivity contribution in [1.29, 1.82) is 0 Å². The molecule has 1 amide bonds. The maximum absolute atomic E-state index is 12.0. The summed E-state index contributed by atoms with van der Waals surface area (Å²) in [6.07, 6.45) is 0. The summed E-state index contributed by atoms with van der Waals surface area (Å²) in [5.74, 6) is -3.35. The Bertz CT molecular complexity index is 518. The molecule has 0 aliphatic heterocycles. The van der Waals surface area contributed by atoms with Gasteiger partial charge in [0.1, 0.15) is 13.1 Å². The Labute approximate surface area is 121 Å². The fourth-order valence-electron chi connectivity index (χ4n) is 1.36. The Morgan fingerprint density at radius 2 is 1.68 bits per heavy atom. The molecule has 0 atom stereocenters. The second-order valence-corrected chi connectivity index (χ2v) is 4.90. The van der Waals surface area contributed by atoms with Gasteiger partial charge in [-0.2, -0.15) is 0 Å².